The summed E-state index contributed by atoms with van der Waals surface area (Å²) in [6.45, 7) is 6.49. The molecule has 198 valence electrons. The van der Waals surface area contributed by atoms with Crippen LogP contribution in [0.15, 0.2) is 72.3 Å². The Hall–Kier alpha value is -4.26. The van der Waals surface area contributed by atoms with E-state index >= 15 is 0 Å². The van der Waals surface area contributed by atoms with Crippen LogP contribution in [0.2, 0.25) is 0 Å². The van der Waals surface area contributed by atoms with Crippen LogP contribution in [0.4, 0.5) is 0 Å². The Morgan fingerprint density at radius 1 is 0.868 bits per heavy atom. The second-order valence-electron chi connectivity index (χ2n) is 10.2. The minimum Gasteiger partial charge on any atom is -0.506 e. The monoisotopic (exact) mass is 515 g/mol. The number of hydrogen-bond donors (Lipinski definition) is 1. The van der Waals surface area contributed by atoms with Crippen LogP contribution in [0, 0.1) is 0 Å². The number of aliphatic hydroxyl groups is 1. The van der Waals surface area contributed by atoms with Gasteiger partial charge in [0.25, 0.3) is 11.7 Å². The Morgan fingerprint density at radius 2 is 1.47 bits per heavy atom. The Morgan fingerprint density at radius 3 is 2.03 bits per heavy atom. The van der Waals surface area contributed by atoms with Crippen molar-refractivity contribution in [1.82, 2.24) is 4.90 Å². The minimum atomic E-state index is -0.829. The topological polar surface area (TPSA) is 85.3 Å². The Labute approximate surface area is 223 Å². The SMILES string of the molecule is COc1cccc(CN2C(=O)C(=O)/C(=C(/O)c3c(OC)cccc3OC)C2c2ccc(C(C)(C)C)cc2)c1. The van der Waals surface area contributed by atoms with Gasteiger partial charge >= 0.3 is 0 Å². The van der Waals surface area contributed by atoms with Gasteiger partial charge in [0, 0.05) is 6.54 Å². The van der Waals surface area contributed by atoms with Gasteiger partial charge in [-0.3, -0.25) is 9.59 Å². The molecule has 3 aromatic rings. The first-order valence-corrected chi connectivity index (χ1v) is 12.3. The number of carbonyl (C=O) groups excluding carboxylic acids is 2. The molecule has 1 saturated heterocycles. The van der Waals surface area contributed by atoms with Gasteiger partial charge in [-0.25, -0.2) is 0 Å². The first-order chi connectivity index (χ1) is 18.1. The summed E-state index contributed by atoms with van der Waals surface area (Å²) in [5.41, 5.74) is 2.72. The zero-order chi connectivity index (χ0) is 27.6. The van der Waals surface area contributed by atoms with Gasteiger partial charge in [0.05, 0.1) is 32.9 Å². The molecule has 4 rings (SSSR count). The van der Waals surface area contributed by atoms with E-state index in [4.69, 9.17) is 14.2 Å². The van der Waals surface area contributed by atoms with Crippen molar-refractivity contribution in [3.8, 4) is 17.2 Å². The highest BCUT2D eigenvalue weighted by Crippen LogP contribution is 2.44. The Kier molecular flexibility index (Phi) is 7.49. The van der Waals surface area contributed by atoms with Crippen molar-refractivity contribution in [2.24, 2.45) is 0 Å². The van der Waals surface area contributed by atoms with Gasteiger partial charge in [0.15, 0.2) is 0 Å². The molecule has 0 bridgehead atoms. The molecule has 3 aromatic carbocycles. The van der Waals surface area contributed by atoms with Crippen molar-refractivity contribution >= 4 is 17.4 Å². The van der Waals surface area contributed by atoms with Crippen molar-refractivity contribution in [1.29, 1.82) is 0 Å². The molecule has 1 N–H and O–H groups in total. The number of ketones is 1. The molecule has 7 heteroatoms. The molecule has 1 aliphatic heterocycles. The van der Waals surface area contributed by atoms with E-state index in [-0.39, 0.29) is 28.9 Å². The van der Waals surface area contributed by atoms with Crippen LogP contribution in [-0.2, 0) is 21.5 Å². The van der Waals surface area contributed by atoms with Gasteiger partial charge < -0.3 is 24.2 Å². The summed E-state index contributed by atoms with van der Waals surface area (Å²) < 4.78 is 16.3. The van der Waals surface area contributed by atoms with E-state index in [1.54, 1.807) is 25.3 Å². The highest BCUT2D eigenvalue weighted by atomic mass is 16.5. The summed E-state index contributed by atoms with van der Waals surface area (Å²) in [6.07, 6.45) is 0. The predicted octanol–water partition coefficient (Wildman–Crippen LogP) is 5.63. The van der Waals surface area contributed by atoms with Crippen molar-refractivity contribution in [3.05, 3.63) is 94.6 Å². The standard InChI is InChI=1S/C31H33NO6/c1-31(2,3)21-15-13-20(14-16-21)27-26(28(33)25-23(37-5)11-8-12-24(25)38-6)29(34)30(35)32(27)18-19-9-7-10-22(17-19)36-4/h7-17,27,33H,18H2,1-6H3/b28-26+. The predicted molar refractivity (Wildman–Crippen MR) is 146 cm³/mol. The van der Waals surface area contributed by atoms with Crippen LogP contribution in [-0.4, -0.2) is 43.0 Å². The summed E-state index contributed by atoms with van der Waals surface area (Å²) in [4.78, 5) is 28.5. The molecule has 1 atom stereocenters. The Bertz CT molecular complexity index is 1360. The average Bonchev–Trinajstić information content (AvgIpc) is 3.16. The van der Waals surface area contributed by atoms with Crippen LogP contribution in [0.5, 0.6) is 17.2 Å². The number of ether oxygens (including phenoxy) is 3. The number of hydrogen-bond acceptors (Lipinski definition) is 6. The fraction of sp³-hybridized carbons (Fsp3) is 0.290. The van der Waals surface area contributed by atoms with E-state index in [9.17, 15) is 14.7 Å². The molecule has 0 radical (unpaired) electrons. The first-order valence-electron chi connectivity index (χ1n) is 12.3. The van der Waals surface area contributed by atoms with E-state index in [0.29, 0.717) is 22.8 Å². The maximum Gasteiger partial charge on any atom is 0.295 e. The number of carbonyl (C=O) groups is 2. The smallest absolute Gasteiger partial charge is 0.295 e. The van der Waals surface area contributed by atoms with Crippen molar-refractivity contribution in [2.45, 2.75) is 38.8 Å². The summed E-state index contributed by atoms with van der Waals surface area (Å²) in [6, 6.07) is 19.3. The number of amides is 1. The number of Topliss-reactive ketones (excluding diaryl/α,β-unsaturated/α-hetero) is 1. The van der Waals surface area contributed by atoms with Crippen molar-refractivity contribution in [3.63, 3.8) is 0 Å². The van der Waals surface area contributed by atoms with Gasteiger partial charge in [-0.1, -0.05) is 63.2 Å². The van der Waals surface area contributed by atoms with Crippen LogP contribution < -0.4 is 14.2 Å². The summed E-state index contributed by atoms with van der Waals surface area (Å²) in [7, 11) is 4.51. The lowest BCUT2D eigenvalue weighted by molar-refractivity contribution is -0.140. The van der Waals surface area contributed by atoms with Crippen LogP contribution in [0.1, 0.15) is 49.1 Å². The van der Waals surface area contributed by atoms with Gasteiger partial charge in [-0.15, -0.1) is 0 Å². The zero-order valence-corrected chi connectivity index (χ0v) is 22.6. The van der Waals surface area contributed by atoms with Crippen molar-refractivity contribution in [2.75, 3.05) is 21.3 Å². The van der Waals surface area contributed by atoms with Crippen molar-refractivity contribution < 1.29 is 28.9 Å². The van der Waals surface area contributed by atoms with E-state index < -0.39 is 17.7 Å². The average molecular weight is 516 g/mol. The number of nitrogens with zero attached hydrogens (tertiary/aromatic N) is 1. The van der Waals surface area contributed by atoms with E-state index in [1.165, 1.54) is 19.1 Å². The molecular weight excluding hydrogens is 482 g/mol. The van der Waals surface area contributed by atoms with Gasteiger partial charge in [0.1, 0.15) is 28.6 Å². The third-order valence-electron chi connectivity index (χ3n) is 6.78. The molecule has 1 amide bonds. The van der Waals surface area contributed by atoms with Gasteiger partial charge in [-0.2, -0.15) is 0 Å². The first kappa shape index (κ1) is 26.8. The molecular formula is C31H33NO6. The molecule has 0 saturated carbocycles. The lowest BCUT2D eigenvalue weighted by Gasteiger charge is -2.27. The van der Waals surface area contributed by atoms with E-state index in [2.05, 4.69) is 20.8 Å². The second kappa shape index (κ2) is 10.6. The lowest BCUT2D eigenvalue weighted by Crippen LogP contribution is -2.29. The normalized spacial score (nSPS) is 17.0. The third kappa shape index (κ3) is 4.96. The number of aliphatic hydroxyl groups excluding tert-OH is 1. The fourth-order valence-electron chi connectivity index (χ4n) is 4.74. The molecule has 1 fully saturated rings. The molecule has 1 unspecified atom stereocenters. The van der Waals surface area contributed by atoms with Gasteiger partial charge in [0.2, 0.25) is 0 Å². The van der Waals surface area contributed by atoms with E-state index in [1.807, 2.05) is 48.5 Å². The van der Waals surface area contributed by atoms with Crippen LogP contribution in [0.3, 0.4) is 0 Å². The number of benzene rings is 3. The van der Waals surface area contributed by atoms with Crippen LogP contribution >= 0.6 is 0 Å². The quantitative estimate of drug-likeness (QED) is 0.249. The van der Waals surface area contributed by atoms with Crippen LogP contribution in [0.25, 0.3) is 5.76 Å². The maximum absolute atomic E-state index is 13.5. The summed E-state index contributed by atoms with van der Waals surface area (Å²) in [5.74, 6) is -0.540. The zero-order valence-electron chi connectivity index (χ0n) is 22.6. The number of likely N-dealkylation sites (tertiary alicyclic amines) is 1. The largest absolute Gasteiger partial charge is 0.506 e. The van der Waals surface area contributed by atoms with E-state index in [0.717, 1.165) is 11.1 Å². The summed E-state index contributed by atoms with van der Waals surface area (Å²) in [5, 5.41) is 11.6. The minimum absolute atomic E-state index is 0.0239. The molecule has 7 nitrogen and oxygen atoms in total. The molecule has 0 aromatic heterocycles. The highest BCUT2D eigenvalue weighted by Gasteiger charge is 2.46. The Balaban J connectivity index is 1.92. The fourth-order valence-corrected chi connectivity index (χ4v) is 4.74. The maximum atomic E-state index is 13.5. The molecule has 0 spiro atoms. The summed E-state index contributed by atoms with van der Waals surface area (Å²) >= 11 is 0. The highest BCUT2D eigenvalue weighted by molar-refractivity contribution is 6.46. The molecule has 38 heavy (non-hydrogen) atoms. The number of rotatable bonds is 7. The second-order valence-corrected chi connectivity index (χ2v) is 10.2. The number of methoxy groups -OCH3 is 3. The molecule has 0 aliphatic carbocycles. The molecule has 1 heterocycles. The third-order valence-corrected chi connectivity index (χ3v) is 6.78. The lowest BCUT2D eigenvalue weighted by atomic mass is 9.85. The molecule has 1 aliphatic rings. The van der Waals surface area contributed by atoms with Gasteiger partial charge in [-0.05, 0) is 46.4 Å².